The Bertz CT molecular complexity index is 1220. The maximum atomic E-state index is 12.9. The third-order valence-corrected chi connectivity index (χ3v) is 9.49. The van der Waals surface area contributed by atoms with E-state index in [0.717, 1.165) is 51.4 Å². The molecule has 322 valence electrons. The standard InChI is InChI=1S/C40H71N5O11/c1-40(2,3)32(46)25-23-30(38(53)54)45-35(49)28-42-37(52)29(20-18-19-27-41)43-34(48)26-24-31(39(55)56)44-33(47)21-16-14-12-10-8-6-4-5-7-9-11-13-15-17-22-36(50)51/h29-31H,4-28,41H2,1-3H3,(H,42,52)(H,43,48)(H,44,47)(H,45,49)(H,50,51)(H,53,54)(H,55,56). The summed E-state index contributed by atoms with van der Waals surface area (Å²) in [4.78, 5) is 96.9. The Morgan fingerprint density at radius 1 is 0.482 bits per heavy atom. The molecule has 0 saturated heterocycles. The molecule has 0 aromatic heterocycles. The molecule has 0 bridgehead atoms. The average molecular weight is 798 g/mol. The Balaban J connectivity index is 4.55. The molecule has 0 aliphatic heterocycles. The number of nitrogens with one attached hydrogen (secondary N) is 4. The van der Waals surface area contributed by atoms with E-state index in [1.54, 1.807) is 20.8 Å². The number of carboxylic acids is 3. The molecule has 0 aliphatic carbocycles. The minimum atomic E-state index is -1.34. The van der Waals surface area contributed by atoms with Gasteiger partial charge < -0.3 is 42.3 Å². The van der Waals surface area contributed by atoms with E-state index in [4.69, 9.17) is 10.8 Å². The van der Waals surface area contributed by atoms with E-state index in [1.807, 2.05) is 0 Å². The normalized spacial score (nSPS) is 12.9. The molecule has 56 heavy (non-hydrogen) atoms. The van der Waals surface area contributed by atoms with Gasteiger partial charge in [-0.25, -0.2) is 9.59 Å². The number of nitrogens with two attached hydrogens (primary N) is 1. The van der Waals surface area contributed by atoms with E-state index in [0.29, 0.717) is 25.8 Å². The van der Waals surface area contributed by atoms with Gasteiger partial charge in [0.05, 0.1) is 6.54 Å². The molecule has 0 aromatic carbocycles. The summed E-state index contributed by atoms with van der Waals surface area (Å²) in [5.41, 5.74) is 4.90. The van der Waals surface area contributed by atoms with E-state index in [1.165, 1.54) is 32.1 Å². The smallest absolute Gasteiger partial charge is 0.326 e. The average Bonchev–Trinajstić information content (AvgIpc) is 3.12. The highest BCUT2D eigenvalue weighted by Crippen LogP contribution is 2.18. The summed E-state index contributed by atoms with van der Waals surface area (Å²) < 4.78 is 0. The van der Waals surface area contributed by atoms with Gasteiger partial charge in [0.25, 0.3) is 0 Å². The number of ketones is 1. The maximum absolute atomic E-state index is 12.9. The Morgan fingerprint density at radius 2 is 0.893 bits per heavy atom. The van der Waals surface area contributed by atoms with Gasteiger partial charge in [-0.3, -0.25) is 28.8 Å². The summed E-state index contributed by atoms with van der Waals surface area (Å²) in [6, 6.07) is -3.70. The number of amides is 4. The molecule has 0 fully saturated rings. The number of carbonyl (C=O) groups is 8. The molecule has 16 nitrogen and oxygen atoms in total. The zero-order valence-corrected chi connectivity index (χ0v) is 34.1. The molecular weight excluding hydrogens is 726 g/mol. The van der Waals surface area contributed by atoms with Crippen molar-refractivity contribution in [2.75, 3.05) is 13.1 Å². The molecular formula is C40H71N5O11. The van der Waals surface area contributed by atoms with Crippen molar-refractivity contribution in [2.24, 2.45) is 11.1 Å². The van der Waals surface area contributed by atoms with E-state index in [9.17, 15) is 48.6 Å². The van der Waals surface area contributed by atoms with Crippen molar-refractivity contribution in [1.82, 2.24) is 21.3 Å². The van der Waals surface area contributed by atoms with Crippen LogP contribution in [0.3, 0.4) is 0 Å². The largest absolute Gasteiger partial charge is 0.481 e. The summed E-state index contributed by atoms with van der Waals surface area (Å²) in [6.07, 6.45) is 15.6. The first-order valence-electron chi connectivity index (χ1n) is 20.5. The fraction of sp³-hybridized carbons (Fsp3) is 0.800. The molecule has 16 heteroatoms. The molecule has 0 heterocycles. The molecule has 0 saturated carbocycles. The first-order valence-corrected chi connectivity index (χ1v) is 20.5. The predicted octanol–water partition coefficient (Wildman–Crippen LogP) is 4.36. The summed E-state index contributed by atoms with van der Waals surface area (Å²) in [5.74, 6) is -6.02. The Labute approximate surface area is 332 Å². The van der Waals surface area contributed by atoms with Gasteiger partial charge in [0.1, 0.15) is 23.9 Å². The monoisotopic (exact) mass is 798 g/mol. The Morgan fingerprint density at radius 3 is 1.34 bits per heavy atom. The zero-order valence-electron chi connectivity index (χ0n) is 34.1. The summed E-state index contributed by atoms with van der Waals surface area (Å²) in [6.45, 7) is 4.90. The van der Waals surface area contributed by atoms with Crippen LogP contribution in [0.15, 0.2) is 0 Å². The number of hydrogen-bond acceptors (Lipinski definition) is 9. The molecule has 3 atom stereocenters. The lowest BCUT2D eigenvalue weighted by molar-refractivity contribution is -0.143. The third kappa shape index (κ3) is 28.3. The number of rotatable bonds is 35. The van der Waals surface area contributed by atoms with Crippen LogP contribution >= 0.6 is 0 Å². The lowest BCUT2D eigenvalue weighted by Crippen LogP contribution is -2.51. The maximum Gasteiger partial charge on any atom is 0.326 e. The fourth-order valence-corrected chi connectivity index (χ4v) is 5.95. The van der Waals surface area contributed by atoms with Crippen molar-refractivity contribution in [2.45, 2.75) is 187 Å². The highest BCUT2D eigenvalue weighted by molar-refractivity contribution is 5.92. The van der Waals surface area contributed by atoms with Gasteiger partial charge in [0, 0.05) is 31.1 Å². The quantitative estimate of drug-likeness (QED) is 0.0416. The number of unbranched alkanes of at least 4 members (excludes halogenated alkanes) is 14. The number of carboxylic acid groups (broad SMARTS) is 3. The third-order valence-electron chi connectivity index (χ3n) is 9.49. The second kappa shape index (κ2) is 31.1. The molecule has 4 amide bonds. The van der Waals surface area contributed by atoms with Crippen LogP contribution < -0.4 is 27.0 Å². The van der Waals surface area contributed by atoms with Crippen LogP contribution in [0, 0.1) is 5.41 Å². The first kappa shape index (κ1) is 51.9. The van der Waals surface area contributed by atoms with Crippen molar-refractivity contribution >= 4 is 47.3 Å². The van der Waals surface area contributed by atoms with Crippen LogP contribution in [0.2, 0.25) is 0 Å². The van der Waals surface area contributed by atoms with Crippen LogP contribution in [-0.4, -0.2) is 93.9 Å². The number of Topliss-reactive ketones (excluding diaryl/α,β-unsaturated/α-hetero) is 1. The molecule has 3 unspecified atom stereocenters. The van der Waals surface area contributed by atoms with E-state index >= 15 is 0 Å². The number of hydrogen-bond donors (Lipinski definition) is 8. The molecule has 0 aromatic rings. The predicted molar refractivity (Wildman–Crippen MR) is 211 cm³/mol. The second-order valence-corrected chi connectivity index (χ2v) is 15.6. The SMILES string of the molecule is CC(C)(C)C(=O)CCC(NC(=O)CNC(=O)C(CCCCN)NC(=O)CCC(NC(=O)CCCCCCCCCCCCCCCCC(=O)O)C(=O)O)C(=O)O. The molecule has 9 N–H and O–H groups in total. The van der Waals surface area contributed by atoms with Gasteiger partial charge in [0.15, 0.2) is 0 Å². The Kier molecular flexibility index (Phi) is 28.8. The molecule has 0 spiro atoms. The van der Waals surface area contributed by atoms with E-state index < -0.39 is 71.6 Å². The van der Waals surface area contributed by atoms with Crippen LogP contribution in [0.4, 0.5) is 0 Å². The van der Waals surface area contributed by atoms with Gasteiger partial charge in [0.2, 0.25) is 23.6 Å². The minimum Gasteiger partial charge on any atom is -0.481 e. The van der Waals surface area contributed by atoms with E-state index in [2.05, 4.69) is 21.3 Å². The highest BCUT2D eigenvalue weighted by atomic mass is 16.4. The highest BCUT2D eigenvalue weighted by Gasteiger charge is 2.27. The van der Waals surface area contributed by atoms with Crippen molar-refractivity contribution in [3.8, 4) is 0 Å². The summed E-state index contributed by atoms with van der Waals surface area (Å²) in [5, 5.41) is 37.5. The van der Waals surface area contributed by atoms with Gasteiger partial charge >= 0.3 is 17.9 Å². The summed E-state index contributed by atoms with van der Waals surface area (Å²) >= 11 is 0. The lowest BCUT2D eigenvalue weighted by Gasteiger charge is -2.21. The molecule has 0 radical (unpaired) electrons. The van der Waals surface area contributed by atoms with Crippen molar-refractivity contribution < 1.29 is 53.7 Å². The van der Waals surface area contributed by atoms with Crippen LogP contribution in [0.1, 0.15) is 168 Å². The topological polar surface area (TPSA) is 271 Å². The fourth-order valence-electron chi connectivity index (χ4n) is 5.95. The van der Waals surface area contributed by atoms with Gasteiger partial charge in [-0.15, -0.1) is 0 Å². The first-order chi connectivity index (χ1) is 26.5. The minimum absolute atomic E-state index is 0.0557. The van der Waals surface area contributed by atoms with Crippen molar-refractivity contribution in [1.29, 1.82) is 0 Å². The van der Waals surface area contributed by atoms with Gasteiger partial charge in [-0.2, -0.15) is 0 Å². The van der Waals surface area contributed by atoms with E-state index in [-0.39, 0.29) is 50.7 Å². The molecule has 0 rings (SSSR count). The molecule has 0 aliphatic rings. The second-order valence-electron chi connectivity index (χ2n) is 15.6. The Hall–Kier alpha value is -4.08. The van der Waals surface area contributed by atoms with Gasteiger partial charge in [-0.05, 0) is 51.5 Å². The van der Waals surface area contributed by atoms with Crippen molar-refractivity contribution in [3.63, 3.8) is 0 Å². The lowest BCUT2D eigenvalue weighted by atomic mass is 9.87. The number of aliphatic carboxylic acids is 3. The van der Waals surface area contributed by atoms with Crippen molar-refractivity contribution in [3.05, 3.63) is 0 Å². The zero-order chi connectivity index (χ0) is 42.4. The number of carbonyl (C=O) groups excluding carboxylic acids is 5. The van der Waals surface area contributed by atoms with Crippen LogP contribution in [0.5, 0.6) is 0 Å². The van der Waals surface area contributed by atoms with Crippen LogP contribution in [-0.2, 0) is 38.4 Å². The van der Waals surface area contributed by atoms with Crippen LogP contribution in [0.25, 0.3) is 0 Å². The van der Waals surface area contributed by atoms with Gasteiger partial charge in [-0.1, -0.05) is 97.8 Å². The summed E-state index contributed by atoms with van der Waals surface area (Å²) in [7, 11) is 0.